The Morgan fingerprint density at radius 3 is 2.35 bits per heavy atom. The molecule has 0 spiro atoms. The third-order valence-corrected chi connectivity index (χ3v) is 12.2. The molecule has 1 aromatic heterocycles. The highest BCUT2D eigenvalue weighted by Gasteiger charge is 2.70. The molecular weight excluding hydrogens is 784 g/mol. The number of anilines is 1. The number of likely N-dealkylation sites (tertiary alicyclic amines) is 1. The maximum Gasteiger partial charge on any atom is 0.417 e. The fourth-order valence-corrected chi connectivity index (χ4v) is 9.57. The Bertz CT molecular complexity index is 2320. The van der Waals surface area contributed by atoms with Crippen molar-refractivity contribution in [2.75, 3.05) is 12.0 Å². The highest BCUT2D eigenvalue weighted by molar-refractivity contribution is 6.33. The lowest BCUT2D eigenvalue weighted by Gasteiger charge is -2.50. The van der Waals surface area contributed by atoms with Crippen LogP contribution in [0.5, 0.6) is 11.5 Å². The quantitative estimate of drug-likeness (QED) is 0.128. The molecule has 2 N–H and O–H groups in total. The van der Waals surface area contributed by atoms with Crippen molar-refractivity contribution in [2.45, 2.75) is 50.3 Å². The summed E-state index contributed by atoms with van der Waals surface area (Å²) in [4.78, 5) is 63.1. The van der Waals surface area contributed by atoms with E-state index in [-0.39, 0.29) is 54.9 Å². The van der Waals surface area contributed by atoms with E-state index in [9.17, 15) is 32.7 Å². The second-order valence-electron chi connectivity index (χ2n) is 14.7. The zero-order chi connectivity index (χ0) is 40.4. The summed E-state index contributed by atoms with van der Waals surface area (Å²) in [5.74, 6) is -7.02. The topological polar surface area (TPSA) is 129 Å². The van der Waals surface area contributed by atoms with Crippen molar-refractivity contribution >= 4 is 52.6 Å². The number of nitrogens with one attached hydrogen (secondary N) is 1. The first kappa shape index (κ1) is 38.5. The number of hydrogen-bond acceptors (Lipinski definition) is 8. The number of carbonyl (C=O) groups excluding carboxylic acids is 4. The molecule has 0 radical (unpaired) electrons. The van der Waals surface area contributed by atoms with E-state index >= 15 is 4.79 Å². The standard InChI is InChI=1S/C42H35Cl2F3N4O6/c1-2-16-50-37(53)29-15-14-27-30(34(29)39(50)55)19-31-38(54)51(49-36-32(44)17-24(20-48-36)42(45,46)47)40(56)41(31,23-8-10-25(43)11-9-23)35(27)28-13-12-26(18-33(28)52)57-21-22-6-4-3-5-7-22/h3-14,17-18,20,29-31,34-35,52H,2,15-16,19,21H2,1H3,(H,48,49)/t29-,30+,31-,34-,35+,41+/m0/s1. The zero-order valence-electron chi connectivity index (χ0n) is 30.3. The molecule has 2 saturated heterocycles. The Balaban J connectivity index is 1.29. The van der Waals surface area contributed by atoms with Crippen LogP contribution in [0.4, 0.5) is 19.0 Å². The van der Waals surface area contributed by atoms with Gasteiger partial charge in [0.2, 0.25) is 11.8 Å². The van der Waals surface area contributed by atoms with Crippen molar-refractivity contribution in [3.63, 3.8) is 0 Å². The lowest BCUT2D eigenvalue weighted by Crippen LogP contribution is -2.53. The van der Waals surface area contributed by atoms with Crippen molar-refractivity contribution in [3.05, 3.63) is 129 Å². The number of aromatic hydroxyl groups is 1. The van der Waals surface area contributed by atoms with E-state index in [1.54, 1.807) is 36.4 Å². The minimum absolute atomic E-state index is 0.0406. The highest BCUT2D eigenvalue weighted by Crippen LogP contribution is 2.65. The number of amides is 4. The largest absolute Gasteiger partial charge is 0.508 e. The molecule has 1 saturated carbocycles. The number of pyridine rings is 1. The number of phenols is 1. The third-order valence-electron chi connectivity index (χ3n) is 11.7. The molecule has 2 aliphatic carbocycles. The van der Waals surface area contributed by atoms with Crippen molar-refractivity contribution in [1.82, 2.24) is 14.9 Å². The lowest BCUT2D eigenvalue weighted by atomic mass is 9.49. The third kappa shape index (κ3) is 6.31. The molecule has 15 heteroatoms. The number of nitrogens with zero attached hydrogens (tertiary/aromatic N) is 3. The Kier molecular flexibility index (Phi) is 9.80. The molecule has 4 amide bonds. The van der Waals surface area contributed by atoms with Gasteiger partial charge >= 0.3 is 6.18 Å². The number of rotatable bonds is 9. The summed E-state index contributed by atoms with van der Waals surface area (Å²) in [5, 5.41) is 12.5. The van der Waals surface area contributed by atoms with Crippen LogP contribution in [0.2, 0.25) is 10.0 Å². The number of aromatic nitrogens is 1. The fourth-order valence-electron chi connectivity index (χ4n) is 9.23. The average molecular weight is 820 g/mol. The first-order chi connectivity index (χ1) is 27.2. The molecule has 3 heterocycles. The minimum Gasteiger partial charge on any atom is -0.508 e. The van der Waals surface area contributed by atoms with Crippen LogP contribution < -0.4 is 10.2 Å². The molecule has 4 aromatic rings. The first-order valence-corrected chi connectivity index (χ1v) is 19.2. The Hall–Kier alpha value is -5.40. The number of phenolic OH excluding ortho intramolecular Hbond substituents is 1. The first-order valence-electron chi connectivity index (χ1n) is 18.4. The van der Waals surface area contributed by atoms with Gasteiger partial charge in [-0.2, -0.15) is 18.2 Å². The van der Waals surface area contributed by atoms with Gasteiger partial charge in [0.15, 0.2) is 5.82 Å². The average Bonchev–Trinajstić information content (AvgIpc) is 3.55. The summed E-state index contributed by atoms with van der Waals surface area (Å²) in [6.45, 7) is 2.30. The number of benzene rings is 3. The summed E-state index contributed by atoms with van der Waals surface area (Å²) < 4.78 is 46.5. The van der Waals surface area contributed by atoms with Crippen molar-refractivity contribution in [3.8, 4) is 11.5 Å². The Labute approximate surface area is 335 Å². The molecule has 2 aliphatic heterocycles. The van der Waals surface area contributed by atoms with Crippen molar-refractivity contribution < 1.29 is 42.2 Å². The lowest BCUT2D eigenvalue weighted by molar-refractivity contribution is -0.141. The van der Waals surface area contributed by atoms with Crippen molar-refractivity contribution in [2.24, 2.45) is 23.7 Å². The highest BCUT2D eigenvalue weighted by atomic mass is 35.5. The molecule has 0 bridgehead atoms. The monoisotopic (exact) mass is 818 g/mol. The van der Waals surface area contributed by atoms with E-state index in [1.807, 2.05) is 43.3 Å². The summed E-state index contributed by atoms with van der Waals surface area (Å²) in [7, 11) is 0. The number of halogens is 5. The van der Waals surface area contributed by atoms with Crippen LogP contribution in [0.3, 0.4) is 0 Å². The van der Waals surface area contributed by atoms with Crippen LogP contribution in [-0.2, 0) is 37.4 Å². The summed E-state index contributed by atoms with van der Waals surface area (Å²) >= 11 is 12.6. The van der Waals surface area contributed by atoms with E-state index in [0.717, 1.165) is 5.56 Å². The van der Waals surface area contributed by atoms with Gasteiger partial charge in [-0.15, -0.1) is 0 Å². The minimum atomic E-state index is -4.76. The normalized spacial score (nSPS) is 25.6. The molecular formula is C42H35Cl2F3N4O6. The molecule has 8 rings (SSSR count). The predicted octanol–water partition coefficient (Wildman–Crippen LogP) is 8.09. The molecule has 10 nitrogen and oxygen atoms in total. The molecule has 3 fully saturated rings. The van der Waals surface area contributed by atoms with Crippen LogP contribution in [0.25, 0.3) is 0 Å². The number of allylic oxidation sites excluding steroid dienone is 2. The van der Waals surface area contributed by atoms with Crippen LogP contribution in [0.15, 0.2) is 96.7 Å². The van der Waals surface area contributed by atoms with Crippen LogP contribution in [0.1, 0.15) is 54.4 Å². The van der Waals surface area contributed by atoms with Gasteiger partial charge < -0.3 is 9.84 Å². The number of ether oxygens (including phenoxy) is 1. The van der Waals surface area contributed by atoms with E-state index in [1.165, 1.54) is 11.0 Å². The van der Waals surface area contributed by atoms with Gasteiger partial charge in [0, 0.05) is 35.3 Å². The van der Waals surface area contributed by atoms with Gasteiger partial charge in [0.25, 0.3) is 11.8 Å². The van der Waals surface area contributed by atoms with E-state index in [2.05, 4.69) is 10.4 Å². The van der Waals surface area contributed by atoms with Gasteiger partial charge in [-0.1, -0.05) is 90.3 Å². The van der Waals surface area contributed by atoms with Gasteiger partial charge in [-0.25, -0.2) is 4.98 Å². The van der Waals surface area contributed by atoms with Crippen LogP contribution in [0, 0.1) is 23.7 Å². The maximum absolute atomic E-state index is 15.4. The number of fused-ring (bicyclic) bond motifs is 4. The number of carbonyl (C=O) groups is 4. The van der Waals surface area contributed by atoms with Crippen molar-refractivity contribution in [1.29, 1.82) is 0 Å². The predicted molar refractivity (Wildman–Crippen MR) is 203 cm³/mol. The summed E-state index contributed by atoms with van der Waals surface area (Å²) in [5.41, 5.74) is 1.79. The van der Waals surface area contributed by atoms with Gasteiger partial charge in [0.05, 0.1) is 33.8 Å². The fraction of sp³-hybridized carbons (Fsp3) is 0.310. The van der Waals surface area contributed by atoms with E-state index in [4.69, 9.17) is 27.9 Å². The number of alkyl halides is 3. The molecule has 294 valence electrons. The second-order valence-corrected chi connectivity index (χ2v) is 15.6. The molecule has 0 unspecified atom stereocenters. The molecule has 3 aromatic carbocycles. The van der Waals surface area contributed by atoms with Gasteiger partial charge in [0.1, 0.15) is 18.1 Å². The SMILES string of the molecule is CCCN1C(=O)[C@H]2[C@H](CC=C3[C@H]2C[C@H]2C(=O)N(Nc4ncc(C(F)(F)F)cc4Cl)C(=O)[C@@]2(c2ccc(Cl)cc2)[C@H]3c2ccc(OCc3ccccc3)cc2O)C1=O. The zero-order valence-corrected chi connectivity index (χ0v) is 31.8. The Morgan fingerprint density at radius 2 is 1.68 bits per heavy atom. The van der Waals surface area contributed by atoms with E-state index in [0.29, 0.717) is 45.6 Å². The maximum atomic E-state index is 15.4. The van der Waals surface area contributed by atoms with Gasteiger partial charge in [-0.05, 0) is 60.6 Å². The molecule has 57 heavy (non-hydrogen) atoms. The number of hydrogen-bond donors (Lipinski definition) is 2. The second kappa shape index (κ2) is 14.5. The van der Waals surface area contributed by atoms with Crippen LogP contribution in [-0.4, -0.2) is 50.2 Å². The van der Waals surface area contributed by atoms with Crippen LogP contribution >= 0.6 is 23.2 Å². The van der Waals surface area contributed by atoms with E-state index < -0.39 is 63.6 Å². The molecule has 6 atom stereocenters. The number of hydrazine groups is 1. The molecule has 4 aliphatic rings. The summed E-state index contributed by atoms with van der Waals surface area (Å²) in [6, 6.07) is 21.1. The smallest absolute Gasteiger partial charge is 0.417 e. The van der Waals surface area contributed by atoms with Gasteiger partial charge in [-0.3, -0.25) is 29.5 Å². The number of imide groups is 2. The Morgan fingerprint density at radius 1 is 0.947 bits per heavy atom. The summed E-state index contributed by atoms with van der Waals surface area (Å²) in [6.07, 6.45) is -1.67.